The van der Waals surface area contributed by atoms with E-state index in [1.165, 1.54) is 43.5 Å². The number of nitro groups is 1. The van der Waals surface area contributed by atoms with Gasteiger partial charge in [-0.2, -0.15) is 0 Å². The van der Waals surface area contributed by atoms with Crippen molar-refractivity contribution >= 4 is 34.8 Å². The molecule has 0 aromatic heterocycles. The van der Waals surface area contributed by atoms with Crippen molar-refractivity contribution in [2.24, 2.45) is 0 Å². The fourth-order valence-corrected chi connectivity index (χ4v) is 2.91. The van der Waals surface area contributed by atoms with Crippen molar-refractivity contribution in [3.8, 4) is 0 Å². The summed E-state index contributed by atoms with van der Waals surface area (Å²) in [6.45, 7) is 0. The van der Waals surface area contributed by atoms with Gasteiger partial charge in [0.25, 0.3) is 11.6 Å². The van der Waals surface area contributed by atoms with Crippen LogP contribution in [0.1, 0.15) is 26.3 Å². The lowest BCUT2D eigenvalue weighted by Gasteiger charge is -2.10. The Balaban J connectivity index is 1.61. The summed E-state index contributed by atoms with van der Waals surface area (Å²) in [4.78, 5) is 46.8. The van der Waals surface area contributed by atoms with E-state index >= 15 is 0 Å². The van der Waals surface area contributed by atoms with Crippen LogP contribution < -0.4 is 10.6 Å². The van der Waals surface area contributed by atoms with Gasteiger partial charge in [0.2, 0.25) is 5.91 Å². The highest BCUT2D eigenvalue weighted by atomic mass is 16.6. The van der Waals surface area contributed by atoms with E-state index < -0.39 is 16.8 Å². The zero-order chi connectivity index (χ0) is 23.1. The molecule has 0 spiro atoms. The third-order valence-corrected chi connectivity index (χ3v) is 4.52. The summed E-state index contributed by atoms with van der Waals surface area (Å²) < 4.78 is 4.72. The van der Waals surface area contributed by atoms with Crippen LogP contribution in [-0.2, 0) is 16.0 Å². The van der Waals surface area contributed by atoms with E-state index in [2.05, 4.69) is 10.6 Å². The Bertz CT molecular complexity index is 1160. The summed E-state index contributed by atoms with van der Waals surface area (Å²) in [5, 5.41) is 16.1. The Kier molecular flexibility index (Phi) is 6.92. The van der Waals surface area contributed by atoms with Gasteiger partial charge in [-0.05, 0) is 42.0 Å². The number of non-ortho nitro benzene ring substituents is 1. The molecule has 32 heavy (non-hydrogen) atoms. The first-order valence-corrected chi connectivity index (χ1v) is 9.49. The van der Waals surface area contributed by atoms with Crippen LogP contribution in [0.5, 0.6) is 0 Å². The van der Waals surface area contributed by atoms with Gasteiger partial charge in [-0.1, -0.05) is 24.3 Å². The smallest absolute Gasteiger partial charge is 0.339 e. The molecule has 2 amide bonds. The third-order valence-electron chi connectivity index (χ3n) is 4.52. The van der Waals surface area contributed by atoms with E-state index in [-0.39, 0.29) is 23.6 Å². The second-order valence-corrected chi connectivity index (χ2v) is 6.72. The number of nitrogens with one attached hydrogen (secondary N) is 2. The maximum absolute atomic E-state index is 12.5. The number of para-hydroxylation sites is 1. The average molecular weight is 433 g/mol. The molecule has 0 unspecified atom stereocenters. The molecule has 0 bridgehead atoms. The Morgan fingerprint density at radius 3 is 2.19 bits per heavy atom. The molecule has 0 saturated heterocycles. The summed E-state index contributed by atoms with van der Waals surface area (Å²) in [6.07, 6.45) is 0.0462. The van der Waals surface area contributed by atoms with Gasteiger partial charge in [0.05, 0.1) is 29.7 Å². The quantitative estimate of drug-likeness (QED) is 0.331. The number of nitrogens with zero attached hydrogens (tertiary/aromatic N) is 1. The number of carbonyl (C=O) groups is 3. The van der Waals surface area contributed by atoms with E-state index in [0.717, 1.165) is 0 Å². The standard InChI is InChI=1S/C23H19N3O6/c1-32-23(29)19-4-2-3-5-20(19)25-22(28)16-8-10-17(11-9-16)24-21(27)14-15-6-12-18(13-7-15)26(30)31/h2-13H,14H2,1H3,(H,24,27)(H,25,28). The lowest BCUT2D eigenvalue weighted by Crippen LogP contribution is -2.16. The number of nitro benzene ring substituents is 1. The molecule has 0 radical (unpaired) electrons. The van der Waals surface area contributed by atoms with Crippen LogP contribution in [0.25, 0.3) is 0 Å². The van der Waals surface area contributed by atoms with Crippen molar-refractivity contribution in [1.29, 1.82) is 0 Å². The number of methoxy groups -OCH3 is 1. The topological polar surface area (TPSA) is 128 Å². The predicted octanol–water partition coefficient (Wildman–Crippen LogP) is 3.81. The molecule has 0 aliphatic carbocycles. The minimum atomic E-state index is -0.563. The fraction of sp³-hybridized carbons (Fsp3) is 0.0870. The zero-order valence-electron chi connectivity index (χ0n) is 17.0. The molecule has 0 saturated carbocycles. The van der Waals surface area contributed by atoms with Crippen LogP contribution in [0.15, 0.2) is 72.8 Å². The highest BCUT2D eigenvalue weighted by Crippen LogP contribution is 2.18. The maximum Gasteiger partial charge on any atom is 0.339 e. The fourth-order valence-electron chi connectivity index (χ4n) is 2.91. The Morgan fingerprint density at radius 1 is 0.906 bits per heavy atom. The first kappa shape index (κ1) is 22.2. The molecule has 0 heterocycles. The van der Waals surface area contributed by atoms with E-state index in [1.807, 2.05) is 0 Å². The molecule has 3 aromatic carbocycles. The predicted molar refractivity (Wildman–Crippen MR) is 118 cm³/mol. The van der Waals surface area contributed by atoms with E-state index in [0.29, 0.717) is 22.5 Å². The number of hydrogen-bond acceptors (Lipinski definition) is 6. The van der Waals surface area contributed by atoms with Crippen molar-refractivity contribution in [3.63, 3.8) is 0 Å². The number of benzene rings is 3. The summed E-state index contributed by atoms with van der Waals surface area (Å²) >= 11 is 0. The minimum Gasteiger partial charge on any atom is -0.465 e. The molecule has 3 rings (SSSR count). The SMILES string of the molecule is COC(=O)c1ccccc1NC(=O)c1ccc(NC(=O)Cc2ccc([N+](=O)[O-])cc2)cc1. The van der Waals surface area contributed by atoms with Crippen LogP contribution in [0.2, 0.25) is 0 Å². The van der Waals surface area contributed by atoms with E-state index in [4.69, 9.17) is 4.74 Å². The summed E-state index contributed by atoms with van der Waals surface area (Å²) in [5.41, 5.74) is 1.97. The number of rotatable bonds is 7. The van der Waals surface area contributed by atoms with Gasteiger partial charge in [0.1, 0.15) is 0 Å². The largest absolute Gasteiger partial charge is 0.465 e. The molecule has 3 aromatic rings. The summed E-state index contributed by atoms with van der Waals surface area (Å²) in [6, 6.07) is 18.5. The molecule has 0 fully saturated rings. The van der Waals surface area contributed by atoms with Crippen LogP contribution in [-0.4, -0.2) is 29.8 Å². The number of ether oxygens (including phenoxy) is 1. The Morgan fingerprint density at radius 2 is 1.56 bits per heavy atom. The van der Waals surface area contributed by atoms with Crippen LogP contribution in [0.4, 0.5) is 17.1 Å². The Hall–Kier alpha value is -4.53. The number of anilines is 2. The monoisotopic (exact) mass is 433 g/mol. The molecule has 9 heteroatoms. The lowest BCUT2D eigenvalue weighted by molar-refractivity contribution is -0.384. The van der Waals surface area contributed by atoms with Gasteiger partial charge in [0.15, 0.2) is 0 Å². The molecular formula is C23H19N3O6. The molecule has 0 atom stereocenters. The van der Waals surface area contributed by atoms with E-state index in [1.54, 1.807) is 36.4 Å². The first-order chi connectivity index (χ1) is 15.4. The maximum atomic E-state index is 12.5. The highest BCUT2D eigenvalue weighted by molar-refractivity contribution is 6.08. The van der Waals surface area contributed by atoms with Crippen LogP contribution >= 0.6 is 0 Å². The number of hydrogen-bond donors (Lipinski definition) is 2. The summed E-state index contributed by atoms with van der Waals surface area (Å²) in [7, 11) is 1.26. The van der Waals surface area contributed by atoms with Gasteiger partial charge < -0.3 is 15.4 Å². The normalized spacial score (nSPS) is 10.2. The van der Waals surface area contributed by atoms with Gasteiger partial charge in [0, 0.05) is 23.4 Å². The van der Waals surface area contributed by atoms with Crippen molar-refractivity contribution < 1.29 is 24.0 Å². The first-order valence-electron chi connectivity index (χ1n) is 9.49. The molecule has 9 nitrogen and oxygen atoms in total. The molecule has 0 aliphatic heterocycles. The highest BCUT2D eigenvalue weighted by Gasteiger charge is 2.14. The minimum absolute atomic E-state index is 0.0442. The van der Waals surface area contributed by atoms with Gasteiger partial charge in [-0.3, -0.25) is 19.7 Å². The van der Waals surface area contributed by atoms with Crippen molar-refractivity contribution in [1.82, 2.24) is 0 Å². The third kappa shape index (κ3) is 5.54. The molecule has 162 valence electrons. The van der Waals surface area contributed by atoms with Gasteiger partial charge in [-0.25, -0.2) is 4.79 Å². The van der Waals surface area contributed by atoms with Gasteiger partial charge in [-0.15, -0.1) is 0 Å². The second kappa shape index (κ2) is 9.98. The molecule has 2 N–H and O–H groups in total. The van der Waals surface area contributed by atoms with Crippen molar-refractivity contribution in [2.45, 2.75) is 6.42 Å². The number of esters is 1. The molecular weight excluding hydrogens is 414 g/mol. The second-order valence-electron chi connectivity index (χ2n) is 6.72. The molecule has 0 aliphatic rings. The average Bonchev–Trinajstić information content (AvgIpc) is 2.79. The lowest BCUT2D eigenvalue weighted by atomic mass is 10.1. The van der Waals surface area contributed by atoms with Crippen molar-refractivity contribution in [2.75, 3.05) is 17.7 Å². The zero-order valence-corrected chi connectivity index (χ0v) is 17.0. The van der Waals surface area contributed by atoms with Crippen LogP contribution in [0, 0.1) is 10.1 Å². The number of carbonyl (C=O) groups excluding carboxylic acids is 3. The number of amides is 2. The Labute approximate surface area is 183 Å². The summed E-state index contributed by atoms with van der Waals surface area (Å²) in [5.74, 6) is -1.29. The van der Waals surface area contributed by atoms with Crippen LogP contribution in [0.3, 0.4) is 0 Å². The van der Waals surface area contributed by atoms with Gasteiger partial charge >= 0.3 is 5.97 Å². The van der Waals surface area contributed by atoms with Crippen molar-refractivity contribution in [3.05, 3.63) is 99.6 Å². The van der Waals surface area contributed by atoms with E-state index in [9.17, 15) is 24.5 Å².